The Morgan fingerprint density at radius 3 is 2.55 bits per heavy atom. The molecule has 0 aliphatic carbocycles. The van der Waals surface area contributed by atoms with Crippen molar-refractivity contribution in [1.29, 1.82) is 0 Å². The van der Waals surface area contributed by atoms with Crippen LogP contribution in [0.3, 0.4) is 0 Å². The van der Waals surface area contributed by atoms with Crippen LogP contribution < -0.4 is 10.2 Å². The summed E-state index contributed by atoms with van der Waals surface area (Å²) in [5.74, 6) is 0.903. The van der Waals surface area contributed by atoms with Gasteiger partial charge >= 0.3 is 0 Å². The molecule has 0 amide bonds. The van der Waals surface area contributed by atoms with Gasteiger partial charge in [0.1, 0.15) is 13.6 Å². The molecule has 2 heteroatoms. The second-order valence-electron chi connectivity index (χ2n) is 5.96. The summed E-state index contributed by atoms with van der Waals surface area (Å²) < 4.78 is 5.96. The highest BCUT2D eigenvalue weighted by molar-refractivity contribution is 6.32. The molecule has 0 unspecified atom stereocenters. The Hall–Kier alpha value is -1.96. The molecule has 0 saturated carbocycles. The van der Waals surface area contributed by atoms with E-state index in [9.17, 15) is 0 Å². The molecule has 0 atom stereocenters. The molecule has 20 heavy (non-hydrogen) atoms. The molecule has 0 saturated heterocycles. The van der Waals surface area contributed by atoms with Crippen molar-refractivity contribution in [2.24, 2.45) is 5.41 Å². The number of hydrogen-bond donors (Lipinski definition) is 0. The van der Waals surface area contributed by atoms with E-state index in [4.69, 9.17) is 12.6 Å². The summed E-state index contributed by atoms with van der Waals surface area (Å²) in [4.78, 5) is 0. The quantitative estimate of drug-likeness (QED) is 0.714. The lowest BCUT2D eigenvalue weighted by molar-refractivity contribution is 0.225. The standard InChI is InChI=1S/C18H17BO/c1-18(2)11-16(13-6-4-3-5-7-13)15-10-14(19)8-9-17(15)20-12-18/h3-11H,12H2,1-2H3. The smallest absolute Gasteiger partial charge is 0.127 e. The lowest BCUT2D eigenvalue weighted by Crippen LogP contribution is -2.17. The van der Waals surface area contributed by atoms with Crippen LogP contribution in [-0.2, 0) is 0 Å². The van der Waals surface area contributed by atoms with Crippen LogP contribution in [0.25, 0.3) is 5.57 Å². The van der Waals surface area contributed by atoms with E-state index in [-0.39, 0.29) is 5.41 Å². The van der Waals surface area contributed by atoms with Gasteiger partial charge in [-0.1, -0.05) is 67.9 Å². The molecule has 1 nitrogen and oxygen atoms in total. The molecule has 1 aliphatic heterocycles. The van der Waals surface area contributed by atoms with Crippen LogP contribution in [0.1, 0.15) is 25.0 Å². The summed E-state index contributed by atoms with van der Waals surface area (Å²) in [5.41, 5.74) is 4.20. The number of fused-ring (bicyclic) bond motifs is 1. The van der Waals surface area contributed by atoms with E-state index < -0.39 is 0 Å². The van der Waals surface area contributed by atoms with Gasteiger partial charge in [0.05, 0.1) is 6.61 Å². The maximum absolute atomic E-state index is 5.96. The summed E-state index contributed by atoms with van der Waals surface area (Å²) in [6.07, 6.45) is 2.29. The molecule has 0 bridgehead atoms. The molecule has 98 valence electrons. The fourth-order valence-corrected chi connectivity index (χ4v) is 2.51. The van der Waals surface area contributed by atoms with Gasteiger partial charge in [0.25, 0.3) is 0 Å². The van der Waals surface area contributed by atoms with Gasteiger partial charge in [-0.25, -0.2) is 0 Å². The van der Waals surface area contributed by atoms with Crippen molar-refractivity contribution in [3.05, 3.63) is 65.7 Å². The van der Waals surface area contributed by atoms with Gasteiger partial charge in [-0.05, 0) is 17.2 Å². The van der Waals surface area contributed by atoms with Crippen LogP contribution in [-0.4, -0.2) is 14.5 Å². The number of ether oxygens (including phenoxy) is 1. The monoisotopic (exact) mass is 260 g/mol. The molecule has 0 N–H and O–H groups in total. The van der Waals surface area contributed by atoms with Crippen molar-refractivity contribution in [2.45, 2.75) is 13.8 Å². The van der Waals surface area contributed by atoms with Gasteiger partial charge in [-0.2, -0.15) is 0 Å². The first-order valence-electron chi connectivity index (χ1n) is 6.86. The van der Waals surface area contributed by atoms with Gasteiger partial charge in [0, 0.05) is 11.0 Å². The van der Waals surface area contributed by atoms with Crippen molar-refractivity contribution < 1.29 is 4.74 Å². The zero-order valence-corrected chi connectivity index (χ0v) is 11.9. The Balaban J connectivity index is 2.23. The van der Waals surface area contributed by atoms with Gasteiger partial charge < -0.3 is 4.74 Å². The Labute approximate surface area is 121 Å². The van der Waals surface area contributed by atoms with E-state index >= 15 is 0 Å². The minimum absolute atomic E-state index is 0.0149. The lowest BCUT2D eigenvalue weighted by Gasteiger charge is -2.18. The third-order valence-electron chi connectivity index (χ3n) is 3.51. The summed E-state index contributed by atoms with van der Waals surface area (Å²) in [6.45, 7) is 5.04. The SMILES string of the molecule is [B]c1ccc2c(c1)C(c1ccccc1)=CC(C)(C)CO2. The minimum atomic E-state index is -0.0149. The van der Waals surface area contributed by atoms with Gasteiger partial charge in [0.2, 0.25) is 0 Å². The first-order valence-corrected chi connectivity index (χ1v) is 6.86. The molecule has 0 fully saturated rings. The predicted molar refractivity (Wildman–Crippen MR) is 84.6 cm³/mol. The van der Waals surface area contributed by atoms with E-state index in [0.29, 0.717) is 6.61 Å². The van der Waals surface area contributed by atoms with Crippen molar-refractivity contribution >= 4 is 18.9 Å². The highest BCUT2D eigenvalue weighted by Gasteiger charge is 2.24. The van der Waals surface area contributed by atoms with E-state index in [0.717, 1.165) is 16.8 Å². The van der Waals surface area contributed by atoms with Crippen LogP contribution in [0.15, 0.2) is 54.6 Å². The Kier molecular flexibility index (Phi) is 3.17. The Morgan fingerprint density at radius 1 is 1.05 bits per heavy atom. The van der Waals surface area contributed by atoms with Gasteiger partial charge in [-0.15, -0.1) is 0 Å². The molecular weight excluding hydrogens is 243 g/mol. The predicted octanol–water partition coefficient (Wildman–Crippen LogP) is 3.33. The minimum Gasteiger partial charge on any atom is -0.492 e. The van der Waals surface area contributed by atoms with E-state index in [1.165, 1.54) is 11.1 Å². The number of benzene rings is 2. The summed E-state index contributed by atoms with van der Waals surface area (Å²) >= 11 is 0. The maximum atomic E-state index is 5.96. The molecule has 1 heterocycles. The zero-order chi connectivity index (χ0) is 14.2. The topological polar surface area (TPSA) is 9.23 Å². The van der Waals surface area contributed by atoms with Crippen molar-refractivity contribution in [3.63, 3.8) is 0 Å². The molecule has 2 radical (unpaired) electrons. The number of rotatable bonds is 1. The zero-order valence-electron chi connectivity index (χ0n) is 11.9. The average molecular weight is 260 g/mol. The van der Waals surface area contributed by atoms with Crippen LogP contribution in [0.5, 0.6) is 5.75 Å². The molecule has 0 aromatic heterocycles. The second kappa shape index (κ2) is 4.86. The fraction of sp³-hybridized carbons (Fsp3) is 0.222. The molecule has 1 aliphatic rings. The van der Waals surface area contributed by atoms with Crippen LogP contribution in [0.4, 0.5) is 0 Å². The Bertz CT molecular complexity index is 656. The first-order chi connectivity index (χ1) is 9.55. The Morgan fingerprint density at radius 2 is 1.80 bits per heavy atom. The molecule has 0 spiro atoms. The molecule has 3 rings (SSSR count). The largest absolute Gasteiger partial charge is 0.492 e. The van der Waals surface area contributed by atoms with Crippen LogP contribution >= 0.6 is 0 Å². The summed E-state index contributed by atoms with van der Waals surface area (Å²) in [7, 11) is 5.96. The molecular formula is C18H17BO. The summed E-state index contributed by atoms with van der Waals surface area (Å²) in [5, 5.41) is 0. The van der Waals surface area contributed by atoms with Crippen molar-refractivity contribution in [3.8, 4) is 5.75 Å². The number of hydrogen-bond acceptors (Lipinski definition) is 1. The van der Waals surface area contributed by atoms with E-state index in [1.807, 2.05) is 24.3 Å². The van der Waals surface area contributed by atoms with Crippen molar-refractivity contribution in [1.82, 2.24) is 0 Å². The lowest BCUT2D eigenvalue weighted by atomic mass is 9.85. The average Bonchev–Trinajstić information content (AvgIpc) is 2.57. The van der Waals surface area contributed by atoms with Gasteiger partial charge in [-0.3, -0.25) is 0 Å². The van der Waals surface area contributed by atoms with Gasteiger partial charge in [0.15, 0.2) is 0 Å². The highest BCUT2D eigenvalue weighted by atomic mass is 16.5. The van der Waals surface area contributed by atoms with Crippen LogP contribution in [0, 0.1) is 5.41 Å². The maximum Gasteiger partial charge on any atom is 0.127 e. The van der Waals surface area contributed by atoms with Crippen molar-refractivity contribution in [2.75, 3.05) is 6.61 Å². The third kappa shape index (κ3) is 2.51. The third-order valence-corrected chi connectivity index (χ3v) is 3.51. The molecule has 2 aromatic carbocycles. The van der Waals surface area contributed by atoms with E-state index in [1.54, 1.807) is 0 Å². The summed E-state index contributed by atoms with van der Waals surface area (Å²) in [6, 6.07) is 16.2. The second-order valence-corrected chi connectivity index (χ2v) is 5.96. The fourth-order valence-electron chi connectivity index (χ4n) is 2.51. The first kappa shape index (κ1) is 13.0. The van der Waals surface area contributed by atoms with Crippen LogP contribution in [0.2, 0.25) is 0 Å². The highest BCUT2D eigenvalue weighted by Crippen LogP contribution is 2.37. The van der Waals surface area contributed by atoms with E-state index in [2.05, 4.69) is 44.2 Å². The molecule has 2 aromatic rings. The normalized spacial score (nSPS) is 16.6.